The van der Waals surface area contributed by atoms with Crippen molar-refractivity contribution in [1.82, 2.24) is 0 Å². The molecule has 0 aliphatic carbocycles. The van der Waals surface area contributed by atoms with Crippen LogP contribution in [-0.2, 0) is 4.74 Å². The summed E-state index contributed by atoms with van der Waals surface area (Å²) >= 11 is 0. The van der Waals surface area contributed by atoms with Gasteiger partial charge < -0.3 is 38.7 Å². The van der Waals surface area contributed by atoms with E-state index in [2.05, 4.69) is 6.92 Å². The van der Waals surface area contributed by atoms with E-state index in [9.17, 15) is 4.79 Å². The van der Waals surface area contributed by atoms with Crippen molar-refractivity contribution in [3.63, 3.8) is 0 Å². The maximum absolute atomic E-state index is 10.6. The maximum atomic E-state index is 10.6. The lowest BCUT2D eigenvalue weighted by Gasteiger charge is -1.97. The Hall–Kier alpha value is 0.390. The van der Waals surface area contributed by atoms with Crippen LogP contribution in [0, 0.1) is 0 Å². The fraction of sp³-hybridized carbons (Fsp3) is 0.857. The molecule has 5 heteroatoms. The minimum atomic E-state index is -0.184. The van der Waals surface area contributed by atoms with Crippen LogP contribution in [-0.4, -0.2) is 19.2 Å². The van der Waals surface area contributed by atoms with Gasteiger partial charge >= 0.3 is 6.09 Å². The lowest BCUT2D eigenvalue weighted by atomic mass is 10.3. The third-order valence-corrected chi connectivity index (χ3v) is 1.16. The molecule has 12 heavy (non-hydrogen) atoms. The first-order chi connectivity index (χ1) is 4.81. The summed E-state index contributed by atoms with van der Waals surface area (Å²) in [6.07, 6.45) is 2.00. The molecule has 0 fully saturated rings. The quantitative estimate of drug-likeness (QED) is 0.527. The molecular weight excluding hydrogens is 290 g/mol. The van der Waals surface area contributed by atoms with E-state index in [1.165, 1.54) is 0 Å². The van der Waals surface area contributed by atoms with Gasteiger partial charge in [-0.15, -0.1) is 0 Å². The number of rotatable bonds is 4. The molecular formula is C7H16Br2NO2-. The Kier molecular flexibility index (Phi) is 21.2. The third kappa shape index (κ3) is 13.0. The van der Waals surface area contributed by atoms with Gasteiger partial charge in [-0.3, -0.25) is 0 Å². The van der Waals surface area contributed by atoms with Gasteiger partial charge in [-0.1, -0.05) is 13.3 Å². The van der Waals surface area contributed by atoms with Gasteiger partial charge in [0.05, 0.1) is 13.2 Å². The van der Waals surface area contributed by atoms with E-state index in [1.54, 1.807) is 5.32 Å². The van der Waals surface area contributed by atoms with Gasteiger partial charge in [-0.2, -0.15) is 4.79 Å². The molecule has 0 saturated carbocycles. The van der Waals surface area contributed by atoms with E-state index in [-0.39, 0.29) is 40.1 Å². The molecule has 0 aromatic heterocycles. The van der Waals surface area contributed by atoms with Crippen LogP contribution in [0.4, 0.5) is 4.79 Å². The zero-order valence-corrected chi connectivity index (χ0v) is 10.7. The summed E-state index contributed by atoms with van der Waals surface area (Å²) in [6.45, 7) is 5.22. The Morgan fingerprint density at radius 1 is 1.33 bits per heavy atom. The maximum Gasteiger partial charge on any atom is 0.512 e. The second kappa shape index (κ2) is 13.9. The Morgan fingerprint density at radius 3 is 2.33 bits per heavy atom. The highest BCUT2D eigenvalue weighted by atomic mass is 79.9. The molecule has 2 N–H and O–H groups in total. The summed E-state index contributed by atoms with van der Waals surface area (Å²) in [5.74, 6) is 0. The Labute approximate surface area is 94.8 Å². The number of primary amides is 1. The van der Waals surface area contributed by atoms with Crippen molar-refractivity contribution in [3.05, 3.63) is 0 Å². The van der Waals surface area contributed by atoms with Gasteiger partial charge in [0.1, 0.15) is 0 Å². The number of unbranched alkanes of at least 4 members (excludes halogenated alkanes) is 1. The van der Waals surface area contributed by atoms with Gasteiger partial charge in [0.15, 0.2) is 0 Å². The predicted octanol–water partition coefficient (Wildman–Crippen LogP) is -5.49. The van der Waals surface area contributed by atoms with Crippen LogP contribution in [0.3, 0.4) is 0 Å². The van der Waals surface area contributed by atoms with Crippen LogP contribution in [0.1, 0.15) is 26.7 Å². The SMILES string of the molecule is CCCC[NH2+]C(=O)OCC.[Br-].[Br-]. The van der Waals surface area contributed by atoms with Crippen molar-refractivity contribution in [3.8, 4) is 0 Å². The summed E-state index contributed by atoms with van der Waals surface area (Å²) in [4.78, 5) is 10.6. The molecule has 3 nitrogen and oxygen atoms in total. The van der Waals surface area contributed by atoms with E-state index >= 15 is 0 Å². The number of ether oxygens (including phenoxy) is 1. The smallest absolute Gasteiger partial charge is 0.512 e. The second-order valence-corrected chi connectivity index (χ2v) is 2.10. The van der Waals surface area contributed by atoms with Crippen LogP contribution < -0.4 is 39.3 Å². The molecule has 0 aliphatic rings. The molecule has 0 aromatic rings. The standard InChI is InChI=1S/C7H15NO2.2BrH/c1-3-5-6-8-7(9)10-4-2;;/h3-6H2,1-2H3,(H,8,9);2*1H/p-1. The molecule has 76 valence electrons. The Bertz CT molecular complexity index is 101. The van der Waals surface area contributed by atoms with Crippen molar-refractivity contribution in [1.29, 1.82) is 0 Å². The first-order valence-corrected chi connectivity index (χ1v) is 3.81. The Balaban J connectivity index is -0.000000405. The molecule has 0 spiro atoms. The summed E-state index contributed by atoms with van der Waals surface area (Å²) in [5, 5.41) is 1.60. The van der Waals surface area contributed by atoms with Crippen LogP contribution >= 0.6 is 0 Å². The van der Waals surface area contributed by atoms with Gasteiger partial charge in [-0.25, -0.2) is 5.32 Å². The normalized spacial score (nSPS) is 7.83. The van der Waals surface area contributed by atoms with Crippen molar-refractivity contribution in [2.75, 3.05) is 13.2 Å². The summed E-state index contributed by atoms with van der Waals surface area (Å²) < 4.78 is 4.69. The predicted molar refractivity (Wildman–Crippen MR) is 38.7 cm³/mol. The minimum Gasteiger partial charge on any atom is -1.00 e. The van der Waals surface area contributed by atoms with Crippen molar-refractivity contribution >= 4 is 6.09 Å². The fourth-order valence-electron chi connectivity index (χ4n) is 0.625. The highest BCUT2D eigenvalue weighted by Gasteiger charge is 2.02. The average Bonchev–Trinajstić information content (AvgIpc) is 1.89. The largest absolute Gasteiger partial charge is 1.00 e. The van der Waals surface area contributed by atoms with Crippen molar-refractivity contribution in [2.45, 2.75) is 26.7 Å². The van der Waals surface area contributed by atoms with Gasteiger partial charge in [0.25, 0.3) is 0 Å². The molecule has 0 bridgehead atoms. The molecule has 0 radical (unpaired) electrons. The van der Waals surface area contributed by atoms with E-state index in [0.717, 1.165) is 19.4 Å². The summed E-state index contributed by atoms with van der Waals surface area (Å²) in [7, 11) is 0. The zero-order chi connectivity index (χ0) is 7.82. The van der Waals surface area contributed by atoms with E-state index < -0.39 is 0 Å². The second-order valence-electron chi connectivity index (χ2n) is 2.10. The molecule has 0 atom stereocenters. The molecule has 1 amide bonds. The zero-order valence-electron chi connectivity index (χ0n) is 7.48. The summed E-state index contributed by atoms with van der Waals surface area (Å²) in [5.41, 5.74) is 0. The van der Waals surface area contributed by atoms with Crippen LogP contribution in [0.2, 0.25) is 0 Å². The first kappa shape index (κ1) is 18.2. The van der Waals surface area contributed by atoms with Crippen molar-refractivity contribution < 1.29 is 48.8 Å². The first-order valence-electron chi connectivity index (χ1n) is 3.81. The number of quaternary nitrogens is 1. The Morgan fingerprint density at radius 2 is 1.92 bits per heavy atom. The number of amides is 1. The lowest BCUT2D eigenvalue weighted by Crippen LogP contribution is -3.00. The van der Waals surface area contributed by atoms with Crippen LogP contribution in [0.25, 0.3) is 0 Å². The number of hydrogen-bond acceptors (Lipinski definition) is 2. The number of halogens is 2. The molecule has 0 rings (SSSR count). The lowest BCUT2D eigenvalue weighted by molar-refractivity contribution is -0.570. The highest BCUT2D eigenvalue weighted by molar-refractivity contribution is 5.55. The van der Waals surface area contributed by atoms with Gasteiger partial charge in [-0.05, 0) is 13.3 Å². The molecule has 0 aromatic carbocycles. The van der Waals surface area contributed by atoms with Crippen LogP contribution in [0.5, 0.6) is 0 Å². The number of hydrogen-bond donors (Lipinski definition) is 1. The van der Waals surface area contributed by atoms with E-state index in [1.807, 2.05) is 6.92 Å². The van der Waals surface area contributed by atoms with E-state index in [0.29, 0.717) is 6.61 Å². The topological polar surface area (TPSA) is 42.9 Å². The fourth-order valence-corrected chi connectivity index (χ4v) is 0.625. The molecule has 0 unspecified atom stereocenters. The summed E-state index contributed by atoms with van der Waals surface area (Å²) in [6, 6.07) is 0. The highest BCUT2D eigenvalue weighted by Crippen LogP contribution is 1.78. The molecule has 0 saturated heterocycles. The van der Waals surface area contributed by atoms with Gasteiger partial charge in [0.2, 0.25) is 0 Å². The van der Waals surface area contributed by atoms with E-state index in [4.69, 9.17) is 4.74 Å². The number of carbonyl (C=O) groups is 1. The minimum absolute atomic E-state index is 0. The van der Waals surface area contributed by atoms with Crippen LogP contribution in [0.15, 0.2) is 0 Å². The number of nitrogens with two attached hydrogens (primary N) is 1. The average molecular weight is 306 g/mol. The monoisotopic (exact) mass is 304 g/mol. The van der Waals surface area contributed by atoms with Crippen molar-refractivity contribution in [2.24, 2.45) is 0 Å². The molecule has 0 aliphatic heterocycles. The number of carbonyl (C=O) groups excluding carboxylic acids is 1. The third-order valence-electron chi connectivity index (χ3n) is 1.16. The molecule has 0 heterocycles. The van der Waals surface area contributed by atoms with Gasteiger partial charge in [0, 0.05) is 0 Å².